The fourth-order valence-electron chi connectivity index (χ4n) is 3.33. The molecule has 1 fully saturated rings. The summed E-state index contributed by atoms with van der Waals surface area (Å²) in [6.45, 7) is 0.522. The van der Waals surface area contributed by atoms with Gasteiger partial charge in [-0.05, 0) is 25.0 Å². The molecule has 1 aliphatic heterocycles. The van der Waals surface area contributed by atoms with Crippen molar-refractivity contribution >= 4 is 29.3 Å². The molecule has 0 radical (unpaired) electrons. The predicted molar refractivity (Wildman–Crippen MR) is 105 cm³/mol. The van der Waals surface area contributed by atoms with Gasteiger partial charge in [-0.25, -0.2) is 0 Å². The maximum atomic E-state index is 12.8. The highest BCUT2D eigenvalue weighted by atomic mass is 32.2. The molecule has 0 unspecified atom stereocenters. The number of thioether (sulfide) groups is 1. The van der Waals surface area contributed by atoms with Crippen LogP contribution in [0, 0.1) is 0 Å². The Hall–Kier alpha value is -1.95. The largest absolute Gasteiger partial charge is 0.487 e. The summed E-state index contributed by atoms with van der Waals surface area (Å²) < 4.78 is 5.39. The summed E-state index contributed by atoms with van der Waals surface area (Å²) in [5.74, 6) is 0.705. The molecule has 1 heterocycles. The van der Waals surface area contributed by atoms with Crippen molar-refractivity contribution in [1.82, 2.24) is 5.32 Å². The predicted octanol–water partition coefficient (Wildman–Crippen LogP) is 4.07. The molecule has 2 aliphatic rings. The van der Waals surface area contributed by atoms with Crippen LogP contribution in [0.15, 0.2) is 35.4 Å². The molecule has 1 aromatic carbocycles. The highest BCUT2D eigenvalue weighted by molar-refractivity contribution is 8.02. The van der Waals surface area contributed by atoms with E-state index in [0.717, 1.165) is 31.4 Å². The fraction of sp³-hybridized carbons (Fsp3) is 0.500. The number of para-hydroxylation sites is 1. The second-order valence-corrected chi connectivity index (χ2v) is 7.69. The van der Waals surface area contributed by atoms with Crippen molar-refractivity contribution in [2.75, 3.05) is 17.7 Å². The van der Waals surface area contributed by atoms with Gasteiger partial charge in [0.2, 0.25) is 0 Å². The summed E-state index contributed by atoms with van der Waals surface area (Å²) in [6.07, 6.45) is 8.15. The highest BCUT2D eigenvalue weighted by Gasteiger charge is 2.20. The third kappa shape index (κ3) is 5.27. The zero-order chi connectivity index (χ0) is 18.2. The number of carbonyl (C=O) groups is 2. The fourth-order valence-corrected chi connectivity index (χ4v) is 3.95. The topological polar surface area (TPSA) is 67.4 Å². The first-order valence-corrected chi connectivity index (χ1v) is 10.4. The van der Waals surface area contributed by atoms with Gasteiger partial charge in [-0.2, -0.15) is 0 Å². The Morgan fingerprint density at radius 3 is 2.46 bits per heavy atom. The maximum absolute atomic E-state index is 12.8. The van der Waals surface area contributed by atoms with Crippen LogP contribution in [0.2, 0.25) is 0 Å². The molecule has 0 atom stereocenters. The van der Waals surface area contributed by atoms with Gasteiger partial charge in [-0.1, -0.05) is 44.2 Å². The molecule has 6 heteroatoms. The van der Waals surface area contributed by atoms with Gasteiger partial charge in [-0.3, -0.25) is 9.59 Å². The maximum Gasteiger partial charge on any atom is 0.291 e. The Morgan fingerprint density at radius 2 is 1.73 bits per heavy atom. The molecule has 0 spiro atoms. The third-order valence-corrected chi connectivity index (χ3v) is 5.52. The number of hydrogen-bond donors (Lipinski definition) is 2. The van der Waals surface area contributed by atoms with Gasteiger partial charge in [0.15, 0.2) is 5.76 Å². The van der Waals surface area contributed by atoms with Gasteiger partial charge in [0.05, 0.1) is 17.9 Å². The molecule has 3 rings (SSSR count). The average Bonchev–Trinajstić information content (AvgIpc) is 2.65. The number of amides is 2. The lowest BCUT2D eigenvalue weighted by Gasteiger charge is -2.22. The quantitative estimate of drug-likeness (QED) is 0.834. The normalized spacial score (nSPS) is 18.7. The van der Waals surface area contributed by atoms with Crippen LogP contribution in [-0.4, -0.2) is 30.2 Å². The van der Waals surface area contributed by atoms with Crippen molar-refractivity contribution in [1.29, 1.82) is 0 Å². The molecule has 1 saturated carbocycles. The molecule has 2 amide bonds. The first-order valence-electron chi connectivity index (χ1n) is 9.40. The smallest absolute Gasteiger partial charge is 0.291 e. The van der Waals surface area contributed by atoms with E-state index in [0.29, 0.717) is 23.6 Å². The van der Waals surface area contributed by atoms with Crippen LogP contribution in [0.4, 0.5) is 5.69 Å². The van der Waals surface area contributed by atoms with Crippen LogP contribution in [0.1, 0.15) is 55.3 Å². The van der Waals surface area contributed by atoms with Gasteiger partial charge in [0.1, 0.15) is 0 Å². The molecule has 5 nitrogen and oxygen atoms in total. The van der Waals surface area contributed by atoms with Crippen molar-refractivity contribution in [3.05, 3.63) is 41.0 Å². The number of carbonyl (C=O) groups excluding carboxylic acids is 2. The van der Waals surface area contributed by atoms with Crippen molar-refractivity contribution in [2.24, 2.45) is 0 Å². The SMILES string of the molecule is O=C(Nc1ccccc1C(=O)NC1CCCCCCC1)C1=CSCCO1. The Balaban J connectivity index is 1.66. The number of ether oxygens (including phenoxy) is 1. The molecule has 0 saturated heterocycles. The molecular weight excluding hydrogens is 348 g/mol. The minimum atomic E-state index is -0.316. The molecule has 2 N–H and O–H groups in total. The molecule has 140 valence electrons. The molecule has 26 heavy (non-hydrogen) atoms. The van der Waals surface area contributed by atoms with Crippen molar-refractivity contribution in [3.63, 3.8) is 0 Å². The lowest BCUT2D eigenvalue weighted by molar-refractivity contribution is -0.116. The van der Waals surface area contributed by atoms with Crippen LogP contribution < -0.4 is 10.6 Å². The van der Waals surface area contributed by atoms with E-state index in [2.05, 4.69) is 10.6 Å². The van der Waals surface area contributed by atoms with Gasteiger partial charge < -0.3 is 15.4 Å². The van der Waals surface area contributed by atoms with Crippen molar-refractivity contribution in [2.45, 2.75) is 51.0 Å². The molecule has 1 aromatic rings. The van der Waals surface area contributed by atoms with Gasteiger partial charge in [0.25, 0.3) is 11.8 Å². The van der Waals surface area contributed by atoms with Crippen LogP contribution in [0.5, 0.6) is 0 Å². The lowest BCUT2D eigenvalue weighted by atomic mass is 9.96. The Morgan fingerprint density at radius 1 is 1.00 bits per heavy atom. The average molecular weight is 375 g/mol. The lowest BCUT2D eigenvalue weighted by Crippen LogP contribution is -2.35. The summed E-state index contributed by atoms with van der Waals surface area (Å²) in [5, 5.41) is 7.69. The van der Waals surface area contributed by atoms with Crippen LogP contribution in [-0.2, 0) is 9.53 Å². The van der Waals surface area contributed by atoms with E-state index < -0.39 is 0 Å². The highest BCUT2D eigenvalue weighted by Crippen LogP contribution is 2.21. The van der Waals surface area contributed by atoms with Gasteiger partial charge >= 0.3 is 0 Å². The van der Waals surface area contributed by atoms with Crippen LogP contribution in [0.25, 0.3) is 0 Å². The Labute approximate surface area is 158 Å². The van der Waals surface area contributed by atoms with Crippen molar-refractivity contribution < 1.29 is 14.3 Å². The number of anilines is 1. The summed E-state index contributed by atoms with van der Waals surface area (Å²) >= 11 is 1.55. The molecule has 0 aromatic heterocycles. The number of rotatable bonds is 4. The molecule has 1 aliphatic carbocycles. The zero-order valence-corrected chi connectivity index (χ0v) is 15.8. The van der Waals surface area contributed by atoms with Gasteiger partial charge in [-0.15, -0.1) is 11.8 Å². The minimum Gasteiger partial charge on any atom is -0.487 e. The Kier molecular flexibility index (Phi) is 7.00. The van der Waals surface area contributed by atoms with Crippen molar-refractivity contribution in [3.8, 4) is 0 Å². The van der Waals surface area contributed by atoms with Crippen LogP contribution >= 0.6 is 11.8 Å². The summed E-state index contributed by atoms with van der Waals surface area (Å²) in [7, 11) is 0. The minimum absolute atomic E-state index is 0.126. The van der Waals surface area contributed by atoms with Gasteiger partial charge in [0, 0.05) is 17.2 Å². The second kappa shape index (κ2) is 9.67. The second-order valence-electron chi connectivity index (χ2n) is 6.72. The summed E-state index contributed by atoms with van der Waals surface area (Å²) in [4.78, 5) is 25.1. The zero-order valence-electron chi connectivity index (χ0n) is 15.0. The van der Waals surface area contributed by atoms with E-state index in [9.17, 15) is 9.59 Å². The van der Waals surface area contributed by atoms with E-state index in [1.807, 2.05) is 12.1 Å². The molecular formula is C20H26N2O3S. The number of benzene rings is 1. The number of nitrogens with one attached hydrogen (secondary N) is 2. The van der Waals surface area contributed by atoms with E-state index in [-0.39, 0.29) is 17.9 Å². The summed E-state index contributed by atoms with van der Waals surface area (Å²) in [5.41, 5.74) is 1.01. The first kappa shape index (κ1) is 18.8. The standard InChI is InChI=1S/C20H26N2O3S/c23-19(21-15-8-4-2-1-3-5-9-15)16-10-6-7-11-17(16)22-20(24)18-14-26-13-12-25-18/h6-7,10-11,14-15H,1-5,8-9,12-13H2,(H,21,23)(H,22,24). The van der Waals surface area contributed by atoms with E-state index >= 15 is 0 Å². The third-order valence-electron chi connectivity index (χ3n) is 4.73. The van der Waals surface area contributed by atoms with E-state index in [1.165, 1.54) is 19.3 Å². The monoisotopic (exact) mass is 374 g/mol. The summed E-state index contributed by atoms with van der Waals surface area (Å²) in [6, 6.07) is 7.34. The number of hydrogen-bond acceptors (Lipinski definition) is 4. The molecule has 0 bridgehead atoms. The van der Waals surface area contributed by atoms with E-state index in [4.69, 9.17) is 4.74 Å². The van der Waals surface area contributed by atoms with Crippen LogP contribution in [0.3, 0.4) is 0 Å². The Bertz CT molecular complexity index is 667. The first-order chi connectivity index (χ1) is 12.7. The van der Waals surface area contributed by atoms with E-state index in [1.54, 1.807) is 29.3 Å².